The average Bonchev–Trinajstić information content (AvgIpc) is 3.11. The Balaban J connectivity index is 1.99. The van der Waals surface area contributed by atoms with Crippen molar-refractivity contribution in [3.8, 4) is 5.69 Å². The van der Waals surface area contributed by atoms with Crippen molar-refractivity contribution >= 4 is 17.8 Å². The topological polar surface area (TPSA) is 112 Å². The highest BCUT2D eigenvalue weighted by Gasteiger charge is 2.27. The molecule has 1 aromatic heterocycles. The molecular formula is C19H24N4O5. The van der Waals surface area contributed by atoms with Gasteiger partial charge in [0.05, 0.1) is 18.5 Å². The van der Waals surface area contributed by atoms with Gasteiger partial charge in [0.2, 0.25) is 0 Å². The van der Waals surface area contributed by atoms with Gasteiger partial charge in [-0.15, -0.1) is 5.10 Å². The van der Waals surface area contributed by atoms with Gasteiger partial charge >= 0.3 is 11.9 Å². The summed E-state index contributed by atoms with van der Waals surface area (Å²) in [6, 6.07) is 8.29. The van der Waals surface area contributed by atoms with Crippen molar-refractivity contribution in [1.82, 2.24) is 20.3 Å². The van der Waals surface area contributed by atoms with Crippen LogP contribution in [-0.2, 0) is 19.1 Å². The maximum Gasteiger partial charge on any atom is 0.361 e. The summed E-state index contributed by atoms with van der Waals surface area (Å²) in [4.78, 5) is 37.5. The maximum absolute atomic E-state index is 12.3. The highest BCUT2D eigenvalue weighted by Crippen LogP contribution is 2.11. The SMILES string of the molecule is CC[C@@H](C)[C@H](NC(=O)COC(=O)c1nn(-c2ccccc2)nc1C)C(=O)OC. The Morgan fingerprint density at radius 3 is 2.46 bits per heavy atom. The number of hydrogen-bond donors (Lipinski definition) is 1. The number of aryl methyl sites for hydroxylation is 1. The molecule has 0 aliphatic carbocycles. The van der Waals surface area contributed by atoms with Crippen LogP contribution in [-0.4, -0.2) is 52.6 Å². The second-order valence-electron chi connectivity index (χ2n) is 6.29. The van der Waals surface area contributed by atoms with Crippen LogP contribution in [0.3, 0.4) is 0 Å². The number of nitrogens with one attached hydrogen (secondary N) is 1. The van der Waals surface area contributed by atoms with Gasteiger partial charge in [-0.1, -0.05) is 38.5 Å². The van der Waals surface area contributed by atoms with Gasteiger partial charge in [0.1, 0.15) is 6.04 Å². The van der Waals surface area contributed by atoms with Crippen molar-refractivity contribution in [3.05, 3.63) is 41.7 Å². The van der Waals surface area contributed by atoms with Crippen LogP contribution in [0.15, 0.2) is 30.3 Å². The Kier molecular flexibility index (Phi) is 7.25. The van der Waals surface area contributed by atoms with Crippen molar-refractivity contribution in [3.63, 3.8) is 0 Å². The summed E-state index contributed by atoms with van der Waals surface area (Å²) in [5.41, 5.74) is 1.08. The Morgan fingerprint density at radius 1 is 1.18 bits per heavy atom. The first kappa shape index (κ1) is 21.1. The van der Waals surface area contributed by atoms with E-state index in [1.807, 2.05) is 32.0 Å². The summed E-state index contributed by atoms with van der Waals surface area (Å²) < 4.78 is 9.74. The van der Waals surface area contributed by atoms with E-state index in [4.69, 9.17) is 9.47 Å². The van der Waals surface area contributed by atoms with Crippen molar-refractivity contribution in [2.24, 2.45) is 5.92 Å². The summed E-state index contributed by atoms with van der Waals surface area (Å²) in [5, 5.41) is 10.9. The molecule has 0 saturated carbocycles. The van der Waals surface area contributed by atoms with Crippen LogP contribution >= 0.6 is 0 Å². The van der Waals surface area contributed by atoms with Gasteiger partial charge in [-0.3, -0.25) is 4.79 Å². The highest BCUT2D eigenvalue weighted by atomic mass is 16.5. The normalized spacial score (nSPS) is 12.7. The molecule has 0 radical (unpaired) electrons. The standard InChI is InChI=1S/C19H24N4O5/c1-5-12(2)16(18(25)27-4)20-15(24)11-28-19(26)17-13(3)21-23(22-17)14-9-7-6-8-10-14/h6-10,12,16H,5,11H2,1-4H3,(H,20,24)/t12-,16+/m1/s1. The Bertz CT molecular complexity index is 834. The molecule has 0 aliphatic heterocycles. The van der Waals surface area contributed by atoms with E-state index < -0.39 is 30.5 Å². The third-order valence-electron chi connectivity index (χ3n) is 4.28. The number of esters is 2. The fourth-order valence-electron chi connectivity index (χ4n) is 2.45. The quantitative estimate of drug-likeness (QED) is 0.681. The monoisotopic (exact) mass is 388 g/mol. The first-order valence-electron chi connectivity index (χ1n) is 8.91. The molecule has 150 valence electrons. The number of nitrogens with zero attached hydrogens (tertiary/aromatic N) is 3. The zero-order valence-corrected chi connectivity index (χ0v) is 16.3. The van der Waals surface area contributed by atoms with Crippen molar-refractivity contribution in [1.29, 1.82) is 0 Å². The zero-order chi connectivity index (χ0) is 20.7. The van der Waals surface area contributed by atoms with E-state index in [1.54, 1.807) is 19.1 Å². The first-order valence-corrected chi connectivity index (χ1v) is 8.91. The van der Waals surface area contributed by atoms with E-state index in [-0.39, 0.29) is 11.6 Å². The molecule has 0 bridgehead atoms. The van der Waals surface area contributed by atoms with Crippen LogP contribution in [0.2, 0.25) is 0 Å². The zero-order valence-electron chi connectivity index (χ0n) is 16.3. The Morgan fingerprint density at radius 2 is 1.86 bits per heavy atom. The number of carbonyl (C=O) groups excluding carboxylic acids is 3. The summed E-state index contributed by atoms with van der Waals surface area (Å²) in [5.74, 6) is -2.04. The van der Waals surface area contributed by atoms with E-state index in [1.165, 1.54) is 11.9 Å². The molecule has 9 nitrogen and oxygen atoms in total. The highest BCUT2D eigenvalue weighted by molar-refractivity contribution is 5.91. The van der Waals surface area contributed by atoms with Crippen LogP contribution in [0, 0.1) is 12.8 Å². The molecule has 2 rings (SSSR count). The third kappa shape index (κ3) is 5.15. The predicted octanol–water partition coefficient (Wildman–Crippen LogP) is 1.44. The molecule has 28 heavy (non-hydrogen) atoms. The minimum absolute atomic E-state index is 0.0168. The van der Waals surface area contributed by atoms with Gasteiger partial charge in [-0.25, -0.2) is 9.59 Å². The van der Waals surface area contributed by atoms with Gasteiger partial charge in [-0.05, 0) is 25.0 Å². The number of amides is 1. The van der Waals surface area contributed by atoms with E-state index in [0.29, 0.717) is 17.8 Å². The minimum atomic E-state index is -0.804. The lowest BCUT2D eigenvalue weighted by Crippen LogP contribution is -2.47. The lowest BCUT2D eigenvalue weighted by Gasteiger charge is -2.21. The van der Waals surface area contributed by atoms with Gasteiger partial charge in [0.15, 0.2) is 12.3 Å². The number of ether oxygens (including phenoxy) is 2. The molecule has 2 aromatic rings. The molecule has 1 N–H and O–H groups in total. The van der Waals surface area contributed by atoms with Crippen LogP contribution in [0.1, 0.15) is 36.5 Å². The predicted molar refractivity (Wildman–Crippen MR) is 99.8 cm³/mol. The van der Waals surface area contributed by atoms with Crippen LogP contribution < -0.4 is 5.32 Å². The largest absolute Gasteiger partial charge is 0.467 e. The fraction of sp³-hybridized carbons (Fsp3) is 0.421. The van der Waals surface area contributed by atoms with Gasteiger partial charge in [0, 0.05) is 0 Å². The second-order valence-corrected chi connectivity index (χ2v) is 6.29. The number of hydrogen-bond acceptors (Lipinski definition) is 7. The van der Waals surface area contributed by atoms with Crippen LogP contribution in [0.5, 0.6) is 0 Å². The smallest absolute Gasteiger partial charge is 0.361 e. The van der Waals surface area contributed by atoms with Gasteiger partial charge in [-0.2, -0.15) is 9.90 Å². The molecule has 1 aromatic carbocycles. The van der Waals surface area contributed by atoms with Crippen LogP contribution in [0.4, 0.5) is 0 Å². The first-order chi connectivity index (χ1) is 13.4. The molecule has 0 aliphatic rings. The molecular weight excluding hydrogens is 364 g/mol. The minimum Gasteiger partial charge on any atom is -0.467 e. The summed E-state index contributed by atoms with van der Waals surface area (Å²) in [6.45, 7) is 4.80. The average molecular weight is 388 g/mol. The molecule has 1 amide bonds. The number of rotatable bonds is 8. The van der Waals surface area contributed by atoms with Crippen molar-refractivity contribution < 1.29 is 23.9 Å². The Hall–Kier alpha value is -3.23. The number of benzene rings is 1. The van der Waals surface area contributed by atoms with Gasteiger partial charge in [0.25, 0.3) is 5.91 Å². The molecule has 0 unspecified atom stereocenters. The number of methoxy groups -OCH3 is 1. The lowest BCUT2D eigenvalue weighted by atomic mass is 9.99. The third-order valence-corrected chi connectivity index (χ3v) is 4.28. The second kappa shape index (κ2) is 9.63. The van der Waals surface area contributed by atoms with E-state index in [9.17, 15) is 14.4 Å². The summed E-state index contributed by atoms with van der Waals surface area (Å²) in [6.07, 6.45) is 0.668. The maximum atomic E-state index is 12.3. The van der Waals surface area contributed by atoms with E-state index >= 15 is 0 Å². The summed E-state index contributed by atoms with van der Waals surface area (Å²) in [7, 11) is 1.25. The number of para-hydroxylation sites is 1. The molecule has 0 spiro atoms. The number of aromatic nitrogens is 3. The van der Waals surface area contributed by atoms with E-state index in [0.717, 1.165) is 0 Å². The summed E-state index contributed by atoms with van der Waals surface area (Å²) >= 11 is 0. The van der Waals surface area contributed by atoms with Crippen molar-refractivity contribution in [2.75, 3.05) is 13.7 Å². The lowest BCUT2D eigenvalue weighted by molar-refractivity contribution is -0.147. The molecule has 0 saturated heterocycles. The van der Waals surface area contributed by atoms with Crippen molar-refractivity contribution in [2.45, 2.75) is 33.2 Å². The molecule has 2 atom stereocenters. The van der Waals surface area contributed by atoms with Crippen LogP contribution in [0.25, 0.3) is 5.69 Å². The van der Waals surface area contributed by atoms with E-state index in [2.05, 4.69) is 15.5 Å². The molecule has 9 heteroatoms. The molecule has 1 heterocycles. The number of carbonyl (C=O) groups is 3. The molecule has 0 fully saturated rings. The van der Waals surface area contributed by atoms with Gasteiger partial charge < -0.3 is 14.8 Å². The Labute approximate surface area is 163 Å². The fourth-order valence-corrected chi connectivity index (χ4v) is 2.45.